The zero-order valence-corrected chi connectivity index (χ0v) is 7.98. The smallest absolute Gasteiger partial charge is 0.267 e. The summed E-state index contributed by atoms with van der Waals surface area (Å²) in [5.41, 5.74) is 1.25. The van der Waals surface area contributed by atoms with Gasteiger partial charge >= 0.3 is 0 Å². The van der Waals surface area contributed by atoms with E-state index in [1.807, 2.05) is 13.8 Å². The van der Waals surface area contributed by atoms with E-state index >= 15 is 0 Å². The topological polar surface area (TPSA) is 71.5 Å². The first-order chi connectivity index (χ1) is 6.68. The van der Waals surface area contributed by atoms with Crippen LogP contribution in [0.4, 0.5) is 0 Å². The van der Waals surface area contributed by atoms with Gasteiger partial charge in [-0.25, -0.2) is 5.10 Å². The van der Waals surface area contributed by atoms with Gasteiger partial charge in [-0.3, -0.25) is 9.78 Å². The van der Waals surface area contributed by atoms with Gasteiger partial charge in [-0.05, 0) is 12.0 Å². The van der Waals surface area contributed by atoms with Gasteiger partial charge in [0.2, 0.25) is 0 Å². The second-order valence-electron chi connectivity index (χ2n) is 3.42. The summed E-state index contributed by atoms with van der Waals surface area (Å²) in [4.78, 5) is 15.4. The van der Waals surface area contributed by atoms with Crippen LogP contribution in [0.15, 0.2) is 17.1 Å². The van der Waals surface area contributed by atoms with Gasteiger partial charge in [0, 0.05) is 11.9 Å². The van der Waals surface area contributed by atoms with E-state index in [-0.39, 0.29) is 5.56 Å². The number of aromatic nitrogens is 4. The van der Waals surface area contributed by atoms with Crippen molar-refractivity contribution in [3.05, 3.63) is 28.3 Å². The number of aromatic amines is 1. The number of hydrogen-bond donors (Lipinski definition) is 1. The fourth-order valence-corrected chi connectivity index (χ4v) is 1.22. The third kappa shape index (κ3) is 1.37. The first-order valence-electron chi connectivity index (χ1n) is 4.39. The molecule has 0 saturated heterocycles. The average molecular weight is 190 g/mol. The summed E-state index contributed by atoms with van der Waals surface area (Å²) in [6.45, 7) is 4.07. The van der Waals surface area contributed by atoms with Crippen molar-refractivity contribution in [2.24, 2.45) is 0 Å². The second kappa shape index (κ2) is 3.17. The molecule has 0 amide bonds. The zero-order chi connectivity index (χ0) is 10.1. The Kier molecular flexibility index (Phi) is 1.99. The number of hydrogen-bond acceptors (Lipinski definition) is 4. The van der Waals surface area contributed by atoms with Gasteiger partial charge in [0.15, 0.2) is 0 Å². The number of H-pyrrole nitrogens is 1. The second-order valence-corrected chi connectivity index (χ2v) is 3.42. The van der Waals surface area contributed by atoms with Crippen LogP contribution in [-0.4, -0.2) is 20.4 Å². The highest BCUT2D eigenvalue weighted by molar-refractivity contribution is 5.75. The van der Waals surface area contributed by atoms with E-state index in [2.05, 4.69) is 20.4 Å². The van der Waals surface area contributed by atoms with Gasteiger partial charge in [-0.2, -0.15) is 0 Å². The Morgan fingerprint density at radius 2 is 2.21 bits per heavy atom. The predicted octanol–water partition coefficient (Wildman–Crippen LogP) is 0.836. The summed E-state index contributed by atoms with van der Waals surface area (Å²) in [5, 5.41) is 10.1. The molecule has 0 aliphatic rings. The summed E-state index contributed by atoms with van der Waals surface area (Å²) >= 11 is 0. The molecule has 0 radical (unpaired) electrons. The van der Waals surface area contributed by atoms with Gasteiger partial charge < -0.3 is 0 Å². The Morgan fingerprint density at radius 1 is 1.43 bits per heavy atom. The summed E-state index contributed by atoms with van der Waals surface area (Å²) in [6, 6.07) is 1.79. The molecule has 1 N–H and O–H groups in total. The molecule has 2 aromatic rings. The highest BCUT2D eigenvalue weighted by atomic mass is 16.1. The molecular formula is C9H10N4O. The van der Waals surface area contributed by atoms with Crippen molar-refractivity contribution in [1.82, 2.24) is 20.4 Å². The fraction of sp³-hybridized carbons (Fsp3) is 0.333. The molecule has 0 atom stereocenters. The Balaban J connectivity index is 2.74. The molecular weight excluding hydrogens is 180 g/mol. The predicted molar refractivity (Wildman–Crippen MR) is 52.0 cm³/mol. The average Bonchev–Trinajstić information content (AvgIpc) is 2.17. The maximum atomic E-state index is 11.3. The summed E-state index contributed by atoms with van der Waals surface area (Å²) < 4.78 is 0. The highest BCUT2D eigenvalue weighted by Gasteiger charge is 2.05. The van der Waals surface area contributed by atoms with E-state index in [4.69, 9.17) is 0 Å². The Labute approximate surface area is 80.2 Å². The fourth-order valence-electron chi connectivity index (χ4n) is 1.22. The van der Waals surface area contributed by atoms with Crippen molar-refractivity contribution in [1.29, 1.82) is 0 Å². The molecule has 0 spiro atoms. The van der Waals surface area contributed by atoms with Crippen molar-refractivity contribution in [3.8, 4) is 0 Å². The van der Waals surface area contributed by atoms with Crippen LogP contribution in [0.2, 0.25) is 0 Å². The molecule has 0 aliphatic heterocycles. The Bertz CT molecular complexity index is 517. The minimum atomic E-state index is -0.252. The highest BCUT2D eigenvalue weighted by Crippen LogP contribution is 2.13. The summed E-state index contributed by atoms with van der Waals surface area (Å²) in [7, 11) is 0. The molecule has 2 heterocycles. The third-order valence-electron chi connectivity index (χ3n) is 2.05. The van der Waals surface area contributed by atoms with Gasteiger partial charge in [-0.15, -0.1) is 5.10 Å². The Morgan fingerprint density at radius 3 is 2.93 bits per heavy atom. The van der Waals surface area contributed by atoms with Crippen LogP contribution >= 0.6 is 0 Å². The molecule has 0 unspecified atom stereocenters. The van der Waals surface area contributed by atoms with Crippen LogP contribution in [0.25, 0.3) is 10.9 Å². The van der Waals surface area contributed by atoms with Crippen molar-refractivity contribution < 1.29 is 0 Å². The summed E-state index contributed by atoms with van der Waals surface area (Å²) in [5.74, 6) is 0.320. The van der Waals surface area contributed by atoms with Crippen LogP contribution in [0.1, 0.15) is 25.5 Å². The van der Waals surface area contributed by atoms with Crippen LogP contribution in [0.3, 0.4) is 0 Å². The first-order valence-corrected chi connectivity index (χ1v) is 4.39. The quantitative estimate of drug-likeness (QED) is 0.723. The van der Waals surface area contributed by atoms with Gasteiger partial charge in [0.1, 0.15) is 5.52 Å². The first kappa shape index (κ1) is 8.80. The van der Waals surface area contributed by atoms with E-state index in [9.17, 15) is 4.79 Å². The number of rotatable bonds is 1. The molecule has 14 heavy (non-hydrogen) atoms. The van der Waals surface area contributed by atoms with Gasteiger partial charge in [0.25, 0.3) is 5.56 Å². The van der Waals surface area contributed by atoms with Gasteiger partial charge in [-0.1, -0.05) is 19.1 Å². The lowest BCUT2D eigenvalue weighted by molar-refractivity contribution is 0.818. The van der Waals surface area contributed by atoms with Crippen molar-refractivity contribution in [2.45, 2.75) is 19.8 Å². The van der Waals surface area contributed by atoms with E-state index in [1.54, 1.807) is 6.07 Å². The van der Waals surface area contributed by atoms with Crippen LogP contribution in [0, 0.1) is 0 Å². The van der Waals surface area contributed by atoms with Crippen LogP contribution in [-0.2, 0) is 0 Å². The number of nitrogens with one attached hydrogen (secondary N) is 1. The molecule has 2 aromatic heterocycles. The molecule has 0 aromatic carbocycles. The van der Waals surface area contributed by atoms with Crippen LogP contribution < -0.4 is 5.56 Å². The normalized spacial score (nSPS) is 11.1. The van der Waals surface area contributed by atoms with E-state index in [0.29, 0.717) is 16.8 Å². The maximum absolute atomic E-state index is 11.3. The van der Waals surface area contributed by atoms with Crippen molar-refractivity contribution in [2.75, 3.05) is 0 Å². The maximum Gasteiger partial charge on any atom is 0.276 e. The minimum absolute atomic E-state index is 0.252. The molecule has 72 valence electrons. The standard InChI is InChI=1S/C9H10N4O/c1-5(2)7-3-8-6(4-10-7)9(14)12-13-11-8/h3-5H,1-2H3,(H,11,12,14). The van der Waals surface area contributed by atoms with E-state index in [0.717, 1.165) is 5.69 Å². The molecule has 0 bridgehead atoms. The summed E-state index contributed by atoms with van der Waals surface area (Å²) in [6.07, 6.45) is 1.54. The van der Waals surface area contributed by atoms with Gasteiger partial charge in [0.05, 0.1) is 5.39 Å². The van der Waals surface area contributed by atoms with E-state index < -0.39 is 0 Å². The number of fused-ring (bicyclic) bond motifs is 1. The SMILES string of the molecule is CC(C)c1cc2nn[nH]c(=O)c2cn1. The molecule has 0 saturated carbocycles. The Hall–Kier alpha value is -1.78. The monoisotopic (exact) mass is 190 g/mol. The molecule has 5 nitrogen and oxygen atoms in total. The lowest BCUT2D eigenvalue weighted by atomic mass is 10.1. The molecule has 2 rings (SSSR count). The lowest BCUT2D eigenvalue weighted by Crippen LogP contribution is -2.10. The van der Waals surface area contributed by atoms with Crippen LogP contribution in [0.5, 0.6) is 0 Å². The van der Waals surface area contributed by atoms with Crippen molar-refractivity contribution in [3.63, 3.8) is 0 Å². The largest absolute Gasteiger partial charge is 0.276 e. The van der Waals surface area contributed by atoms with Crippen molar-refractivity contribution >= 4 is 10.9 Å². The lowest BCUT2D eigenvalue weighted by Gasteiger charge is -2.03. The molecule has 5 heteroatoms. The molecule has 0 fully saturated rings. The number of nitrogens with zero attached hydrogens (tertiary/aromatic N) is 3. The van der Waals surface area contributed by atoms with E-state index in [1.165, 1.54) is 6.20 Å². The third-order valence-corrected chi connectivity index (χ3v) is 2.05. The minimum Gasteiger partial charge on any atom is -0.267 e. The number of pyridine rings is 1. The molecule has 0 aliphatic carbocycles. The zero-order valence-electron chi connectivity index (χ0n) is 7.98.